The summed E-state index contributed by atoms with van der Waals surface area (Å²) >= 11 is 3.40. The molecular formula is C10H11BrFN. The summed E-state index contributed by atoms with van der Waals surface area (Å²) in [5.41, 5.74) is 1.16. The molecule has 1 aliphatic heterocycles. The molecule has 0 aromatic heterocycles. The molecule has 2 unspecified atom stereocenters. The van der Waals surface area contributed by atoms with Gasteiger partial charge in [-0.2, -0.15) is 0 Å². The maximum atomic E-state index is 12.9. The van der Waals surface area contributed by atoms with Gasteiger partial charge in [0, 0.05) is 17.1 Å². The summed E-state index contributed by atoms with van der Waals surface area (Å²) in [6, 6.07) is 8.21. The molecule has 3 heteroatoms. The Labute approximate surface area is 85.5 Å². The first-order valence-electron chi connectivity index (χ1n) is 4.38. The van der Waals surface area contributed by atoms with Crippen LogP contribution in [-0.4, -0.2) is 12.7 Å². The average molecular weight is 244 g/mol. The van der Waals surface area contributed by atoms with Crippen LogP contribution in [0.25, 0.3) is 0 Å². The number of benzene rings is 1. The minimum absolute atomic E-state index is 0.187. The minimum Gasteiger partial charge on any atom is -0.307 e. The van der Waals surface area contributed by atoms with E-state index in [2.05, 4.69) is 21.2 Å². The molecule has 0 saturated carbocycles. The lowest BCUT2D eigenvalue weighted by Crippen LogP contribution is -2.13. The van der Waals surface area contributed by atoms with Gasteiger partial charge >= 0.3 is 0 Å². The minimum atomic E-state index is -0.691. The highest BCUT2D eigenvalue weighted by atomic mass is 79.9. The van der Waals surface area contributed by atoms with Crippen molar-refractivity contribution in [3.8, 4) is 0 Å². The van der Waals surface area contributed by atoms with Crippen LogP contribution in [0.5, 0.6) is 0 Å². The quantitative estimate of drug-likeness (QED) is 0.800. The first-order chi connectivity index (χ1) is 6.25. The predicted molar refractivity (Wildman–Crippen MR) is 54.4 cm³/mol. The maximum absolute atomic E-state index is 12.9. The lowest BCUT2D eigenvalue weighted by atomic mass is 10.1. The first kappa shape index (κ1) is 9.16. The molecule has 0 spiro atoms. The fourth-order valence-electron chi connectivity index (χ4n) is 1.67. The van der Waals surface area contributed by atoms with Gasteiger partial charge in [0.15, 0.2) is 0 Å². The molecule has 2 atom stereocenters. The lowest BCUT2D eigenvalue weighted by molar-refractivity contribution is 0.356. The Bertz CT molecular complexity index is 303. The van der Waals surface area contributed by atoms with Crippen LogP contribution >= 0.6 is 15.9 Å². The summed E-state index contributed by atoms with van der Waals surface area (Å²) in [5.74, 6) is 0. The monoisotopic (exact) mass is 243 g/mol. The zero-order valence-corrected chi connectivity index (χ0v) is 8.72. The molecule has 1 N–H and O–H groups in total. The second-order valence-electron chi connectivity index (χ2n) is 3.35. The second kappa shape index (κ2) is 3.76. The summed E-state index contributed by atoms with van der Waals surface area (Å²) in [4.78, 5) is 0. The molecule has 1 aliphatic rings. The SMILES string of the molecule is FC1CNC(c2cccc(Br)c2)C1. The van der Waals surface area contributed by atoms with Gasteiger partial charge < -0.3 is 5.32 Å². The summed E-state index contributed by atoms with van der Waals surface area (Å²) in [6.45, 7) is 0.483. The molecule has 1 aromatic rings. The fourth-order valence-corrected chi connectivity index (χ4v) is 2.09. The van der Waals surface area contributed by atoms with Gasteiger partial charge in [0.25, 0.3) is 0 Å². The van der Waals surface area contributed by atoms with Crippen molar-refractivity contribution in [2.45, 2.75) is 18.6 Å². The summed E-state index contributed by atoms with van der Waals surface area (Å²) in [5, 5.41) is 3.15. The number of nitrogens with one attached hydrogen (secondary N) is 1. The largest absolute Gasteiger partial charge is 0.307 e. The number of rotatable bonds is 1. The highest BCUT2D eigenvalue weighted by molar-refractivity contribution is 9.10. The van der Waals surface area contributed by atoms with Gasteiger partial charge in [-0.05, 0) is 24.1 Å². The van der Waals surface area contributed by atoms with Crippen LogP contribution in [0.4, 0.5) is 4.39 Å². The molecule has 2 rings (SSSR count). The van der Waals surface area contributed by atoms with E-state index in [-0.39, 0.29) is 6.04 Å². The van der Waals surface area contributed by atoms with E-state index < -0.39 is 6.17 Å². The first-order valence-corrected chi connectivity index (χ1v) is 5.18. The molecule has 0 aliphatic carbocycles. The highest BCUT2D eigenvalue weighted by Gasteiger charge is 2.24. The Morgan fingerprint density at radius 1 is 1.46 bits per heavy atom. The molecule has 1 aromatic carbocycles. The van der Waals surface area contributed by atoms with Crippen molar-refractivity contribution in [3.05, 3.63) is 34.3 Å². The van der Waals surface area contributed by atoms with Crippen molar-refractivity contribution >= 4 is 15.9 Å². The third-order valence-electron chi connectivity index (χ3n) is 2.33. The van der Waals surface area contributed by atoms with E-state index in [1.165, 1.54) is 0 Å². The molecule has 1 saturated heterocycles. The number of alkyl halides is 1. The van der Waals surface area contributed by atoms with Crippen LogP contribution in [0.15, 0.2) is 28.7 Å². The molecule has 13 heavy (non-hydrogen) atoms. The standard InChI is InChI=1S/C10H11BrFN/c11-8-3-1-2-7(4-8)10-5-9(12)6-13-10/h1-4,9-10,13H,5-6H2. The molecule has 1 nitrogen and oxygen atoms in total. The third-order valence-corrected chi connectivity index (χ3v) is 2.82. The Kier molecular flexibility index (Phi) is 2.65. The van der Waals surface area contributed by atoms with Gasteiger partial charge in [-0.1, -0.05) is 28.1 Å². The van der Waals surface area contributed by atoms with Gasteiger partial charge in [0.05, 0.1) is 0 Å². The van der Waals surface area contributed by atoms with E-state index in [1.54, 1.807) is 0 Å². The van der Waals surface area contributed by atoms with Crippen molar-refractivity contribution in [2.24, 2.45) is 0 Å². The van der Waals surface area contributed by atoms with Crippen LogP contribution in [0.1, 0.15) is 18.0 Å². The topological polar surface area (TPSA) is 12.0 Å². The van der Waals surface area contributed by atoms with Crippen LogP contribution in [0.3, 0.4) is 0 Å². The number of hydrogen-bond donors (Lipinski definition) is 1. The van der Waals surface area contributed by atoms with E-state index >= 15 is 0 Å². The van der Waals surface area contributed by atoms with Crippen LogP contribution < -0.4 is 5.32 Å². The normalized spacial score (nSPS) is 27.8. The van der Waals surface area contributed by atoms with E-state index in [9.17, 15) is 4.39 Å². The Morgan fingerprint density at radius 2 is 2.31 bits per heavy atom. The van der Waals surface area contributed by atoms with Gasteiger partial charge in [-0.25, -0.2) is 4.39 Å². The van der Waals surface area contributed by atoms with Crippen LogP contribution in [-0.2, 0) is 0 Å². The molecule has 70 valence electrons. The molecular weight excluding hydrogens is 233 g/mol. The van der Waals surface area contributed by atoms with E-state index in [1.807, 2.05) is 24.3 Å². The fraction of sp³-hybridized carbons (Fsp3) is 0.400. The Hall–Kier alpha value is -0.410. The summed E-state index contributed by atoms with van der Waals surface area (Å²) in [6.07, 6.45) is -0.0971. The van der Waals surface area contributed by atoms with E-state index in [0.717, 1.165) is 10.0 Å². The predicted octanol–water partition coefficient (Wildman–Crippen LogP) is 2.82. The van der Waals surface area contributed by atoms with Crippen molar-refractivity contribution in [1.82, 2.24) is 5.32 Å². The Balaban J connectivity index is 2.16. The molecule has 1 heterocycles. The van der Waals surface area contributed by atoms with Crippen molar-refractivity contribution < 1.29 is 4.39 Å². The van der Waals surface area contributed by atoms with Gasteiger partial charge in [-0.15, -0.1) is 0 Å². The lowest BCUT2D eigenvalue weighted by Gasteiger charge is -2.09. The number of halogens is 2. The molecule has 0 bridgehead atoms. The van der Waals surface area contributed by atoms with E-state index in [4.69, 9.17) is 0 Å². The van der Waals surface area contributed by atoms with Crippen LogP contribution in [0, 0.1) is 0 Å². The van der Waals surface area contributed by atoms with Crippen molar-refractivity contribution in [2.75, 3.05) is 6.54 Å². The zero-order valence-electron chi connectivity index (χ0n) is 7.13. The maximum Gasteiger partial charge on any atom is 0.114 e. The van der Waals surface area contributed by atoms with Crippen LogP contribution in [0.2, 0.25) is 0 Å². The molecule has 0 amide bonds. The Morgan fingerprint density at radius 3 is 2.92 bits per heavy atom. The van der Waals surface area contributed by atoms with Crippen molar-refractivity contribution in [1.29, 1.82) is 0 Å². The zero-order chi connectivity index (χ0) is 9.26. The third kappa shape index (κ3) is 2.09. The van der Waals surface area contributed by atoms with Gasteiger partial charge in [0.1, 0.15) is 6.17 Å². The van der Waals surface area contributed by atoms with E-state index in [0.29, 0.717) is 13.0 Å². The smallest absolute Gasteiger partial charge is 0.114 e. The molecule has 0 radical (unpaired) electrons. The second-order valence-corrected chi connectivity index (χ2v) is 4.26. The highest BCUT2D eigenvalue weighted by Crippen LogP contribution is 2.26. The van der Waals surface area contributed by atoms with Crippen molar-refractivity contribution in [3.63, 3.8) is 0 Å². The summed E-state index contributed by atoms with van der Waals surface area (Å²) < 4.78 is 13.9. The molecule has 1 fully saturated rings. The summed E-state index contributed by atoms with van der Waals surface area (Å²) in [7, 11) is 0. The van der Waals surface area contributed by atoms with Gasteiger partial charge in [0.2, 0.25) is 0 Å². The number of hydrogen-bond acceptors (Lipinski definition) is 1. The van der Waals surface area contributed by atoms with Gasteiger partial charge in [-0.3, -0.25) is 0 Å². The average Bonchev–Trinajstić information content (AvgIpc) is 2.52.